The van der Waals surface area contributed by atoms with Gasteiger partial charge in [-0.2, -0.15) is 8.42 Å². The van der Waals surface area contributed by atoms with Crippen molar-refractivity contribution in [1.29, 1.82) is 0 Å². The van der Waals surface area contributed by atoms with E-state index < -0.39 is 27.9 Å². The van der Waals surface area contributed by atoms with Gasteiger partial charge in [0.05, 0.1) is 10.6 Å². The first-order chi connectivity index (χ1) is 9.97. The summed E-state index contributed by atoms with van der Waals surface area (Å²) in [6, 6.07) is 8.17. The molecule has 5 nitrogen and oxygen atoms in total. The molecule has 0 radical (unpaired) electrons. The standard InChI is InChI=1S/C14H11ClO5S/c1-20-14-10(21(18)19)7-9(13(17)11(14)15)12(16)8-5-3-2-4-6-8/h2-7,14,17H,1H3. The number of ketones is 1. The van der Waals surface area contributed by atoms with E-state index in [0.29, 0.717) is 5.56 Å². The minimum absolute atomic E-state index is 0.182. The molecule has 1 N–H and O–H groups in total. The molecular formula is C14H11ClO5S. The predicted octanol–water partition coefficient (Wildman–Crippen LogP) is 1.88. The van der Waals surface area contributed by atoms with Crippen LogP contribution >= 0.6 is 11.6 Å². The third kappa shape index (κ3) is 2.92. The van der Waals surface area contributed by atoms with Gasteiger partial charge in [0.1, 0.15) is 16.7 Å². The molecule has 0 amide bonds. The first-order valence-electron chi connectivity index (χ1n) is 5.86. The number of benzene rings is 1. The van der Waals surface area contributed by atoms with Crippen LogP contribution in [-0.2, 0) is 15.0 Å². The molecule has 1 aliphatic rings. The van der Waals surface area contributed by atoms with Crippen LogP contribution in [0.2, 0.25) is 0 Å². The second kappa shape index (κ2) is 6.26. The Hall–Kier alpha value is -1.89. The monoisotopic (exact) mass is 326 g/mol. The van der Waals surface area contributed by atoms with Crippen LogP contribution in [0.5, 0.6) is 0 Å². The van der Waals surface area contributed by atoms with E-state index in [2.05, 4.69) is 0 Å². The Labute approximate surface area is 127 Å². The van der Waals surface area contributed by atoms with E-state index in [-0.39, 0.29) is 15.5 Å². The molecule has 7 heteroatoms. The van der Waals surface area contributed by atoms with Crippen LogP contribution in [0, 0.1) is 0 Å². The fourth-order valence-electron chi connectivity index (χ4n) is 1.94. The van der Waals surface area contributed by atoms with E-state index in [1.165, 1.54) is 7.11 Å². The average Bonchev–Trinajstić information content (AvgIpc) is 2.49. The lowest BCUT2D eigenvalue weighted by atomic mass is 9.95. The number of halogens is 1. The number of aliphatic hydroxyl groups is 1. The van der Waals surface area contributed by atoms with Crippen LogP contribution in [0.25, 0.3) is 0 Å². The summed E-state index contributed by atoms with van der Waals surface area (Å²) >= 11 is 5.92. The van der Waals surface area contributed by atoms with Gasteiger partial charge in [0, 0.05) is 12.7 Å². The molecule has 0 saturated heterocycles. The molecule has 2 rings (SSSR count). The number of methoxy groups -OCH3 is 1. The van der Waals surface area contributed by atoms with Gasteiger partial charge in [0.15, 0.2) is 5.78 Å². The molecule has 0 aromatic heterocycles. The molecule has 1 atom stereocenters. The van der Waals surface area contributed by atoms with Crippen molar-refractivity contribution < 1.29 is 23.1 Å². The van der Waals surface area contributed by atoms with E-state index in [0.717, 1.165) is 6.08 Å². The fraction of sp³-hybridized carbons (Fsp3) is 0.143. The average molecular weight is 327 g/mol. The van der Waals surface area contributed by atoms with Gasteiger partial charge in [-0.15, -0.1) is 0 Å². The van der Waals surface area contributed by atoms with Gasteiger partial charge in [-0.3, -0.25) is 4.79 Å². The zero-order valence-electron chi connectivity index (χ0n) is 10.9. The minimum Gasteiger partial charge on any atom is -0.506 e. The summed E-state index contributed by atoms with van der Waals surface area (Å²) in [5, 5.41) is 9.80. The highest BCUT2D eigenvalue weighted by Gasteiger charge is 2.32. The molecule has 21 heavy (non-hydrogen) atoms. The molecule has 0 bridgehead atoms. The van der Waals surface area contributed by atoms with Gasteiger partial charge in [-0.25, -0.2) is 0 Å². The molecule has 0 heterocycles. The Morgan fingerprint density at radius 1 is 1.29 bits per heavy atom. The summed E-state index contributed by atoms with van der Waals surface area (Å²) in [6.07, 6.45) is -0.0364. The third-order valence-corrected chi connectivity index (χ3v) is 4.06. The number of carbonyl (C=O) groups excluding carboxylic acids is 1. The highest BCUT2D eigenvalue weighted by Crippen LogP contribution is 2.29. The van der Waals surface area contributed by atoms with Crippen molar-refractivity contribution in [3.63, 3.8) is 0 Å². The van der Waals surface area contributed by atoms with Crippen LogP contribution in [0.1, 0.15) is 10.4 Å². The lowest BCUT2D eigenvalue weighted by Crippen LogP contribution is -2.29. The predicted molar refractivity (Wildman–Crippen MR) is 79.1 cm³/mol. The quantitative estimate of drug-likeness (QED) is 0.677. The van der Waals surface area contributed by atoms with E-state index in [9.17, 15) is 18.3 Å². The van der Waals surface area contributed by atoms with Crippen LogP contribution in [-0.4, -0.2) is 37.4 Å². The van der Waals surface area contributed by atoms with Crippen LogP contribution in [0.15, 0.2) is 52.8 Å². The fourth-order valence-corrected chi connectivity index (χ4v) is 2.91. The summed E-state index contributed by atoms with van der Waals surface area (Å²) in [5.74, 6) is -1.00. The van der Waals surface area contributed by atoms with E-state index >= 15 is 0 Å². The van der Waals surface area contributed by atoms with Gasteiger partial charge in [0.25, 0.3) is 0 Å². The highest BCUT2D eigenvalue weighted by molar-refractivity contribution is 7.73. The van der Waals surface area contributed by atoms with Crippen molar-refractivity contribution in [2.75, 3.05) is 7.11 Å². The molecular weight excluding hydrogens is 316 g/mol. The Morgan fingerprint density at radius 2 is 1.90 bits per heavy atom. The number of carbonyl (C=O) groups is 1. The van der Waals surface area contributed by atoms with Crippen LogP contribution in [0.4, 0.5) is 0 Å². The summed E-state index contributed by atoms with van der Waals surface area (Å²) in [4.78, 5) is 12.1. The summed E-state index contributed by atoms with van der Waals surface area (Å²) in [6.45, 7) is 0. The molecule has 0 fully saturated rings. The summed E-state index contributed by atoms with van der Waals surface area (Å²) in [5.41, 5.74) is 0.130. The number of hydrogen-bond acceptors (Lipinski definition) is 5. The molecule has 0 saturated carbocycles. The molecule has 1 aliphatic carbocycles. The molecule has 1 aromatic carbocycles. The lowest BCUT2D eigenvalue weighted by molar-refractivity contribution is 0.102. The van der Waals surface area contributed by atoms with Crippen molar-refractivity contribution in [3.05, 3.63) is 58.3 Å². The normalized spacial score (nSPS) is 18.5. The summed E-state index contributed by atoms with van der Waals surface area (Å²) in [7, 11) is -1.37. The largest absolute Gasteiger partial charge is 0.506 e. The van der Waals surface area contributed by atoms with Crippen LogP contribution < -0.4 is 0 Å². The topological polar surface area (TPSA) is 80.7 Å². The number of hydrogen-bond donors (Lipinski definition) is 1. The minimum atomic E-state index is -2.63. The SMILES string of the molecule is COC1C(Cl)=C(O)C(C(=O)c2ccccc2)=CC1=S(=O)=O. The van der Waals surface area contributed by atoms with E-state index in [1.54, 1.807) is 30.3 Å². The maximum atomic E-state index is 12.3. The van der Waals surface area contributed by atoms with Crippen molar-refractivity contribution in [2.45, 2.75) is 6.10 Å². The van der Waals surface area contributed by atoms with Gasteiger partial charge in [0.2, 0.25) is 10.3 Å². The molecule has 0 spiro atoms. The Kier molecular flexibility index (Phi) is 4.62. The van der Waals surface area contributed by atoms with Crippen molar-refractivity contribution in [1.82, 2.24) is 0 Å². The van der Waals surface area contributed by atoms with Gasteiger partial charge in [-0.05, 0) is 6.08 Å². The van der Waals surface area contributed by atoms with Gasteiger partial charge < -0.3 is 9.84 Å². The number of ether oxygens (including phenoxy) is 1. The van der Waals surface area contributed by atoms with Crippen molar-refractivity contribution in [2.24, 2.45) is 0 Å². The van der Waals surface area contributed by atoms with Crippen molar-refractivity contribution >= 4 is 32.5 Å². The van der Waals surface area contributed by atoms with E-state index in [1.807, 2.05) is 0 Å². The Bertz CT molecular complexity index is 767. The Balaban J connectivity index is 2.59. The molecule has 1 unspecified atom stereocenters. The lowest BCUT2D eigenvalue weighted by Gasteiger charge is -2.20. The van der Waals surface area contributed by atoms with Crippen molar-refractivity contribution in [3.8, 4) is 0 Å². The first kappa shape index (κ1) is 15.5. The second-order valence-electron chi connectivity index (χ2n) is 4.20. The maximum Gasteiger partial charge on any atom is 0.220 e. The maximum absolute atomic E-state index is 12.3. The van der Waals surface area contributed by atoms with Gasteiger partial charge >= 0.3 is 0 Å². The molecule has 110 valence electrons. The first-order valence-corrected chi connectivity index (χ1v) is 7.32. The second-order valence-corrected chi connectivity index (χ2v) is 5.55. The number of rotatable bonds is 3. The highest BCUT2D eigenvalue weighted by atomic mass is 35.5. The van der Waals surface area contributed by atoms with Gasteiger partial charge in [-0.1, -0.05) is 41.9 Å². The third-order valence-electron chi connectivity index (χ3n) is 2.97. The molecule has 0 aliphatic heterocycles. The number of Topliss-reactive ketones (excluding diaryl/α,β-unsaturated/α-hetero) is 1. The number of aliphatic hydroxyl groups excluding tert-OH is 1. The summed E-state index contributed by atoms with van der Waals surface area (Å²) < 4.78 is 27.4. The Morgan fingerprint density at radius 3 is 2.43 bits per heavy atom. The molecule has 1 aromatic rings. The zero-order valence-corrected chi connectivity index (χ0v) is 12.5. The van der Waals surface area contributed by atoms with Crippen LogP contribution in [0.3, 0.4) is 0 Å². The number of allylic oxidation sites excluding steroid dienone is 1. The zero-order chi connectivity index (χ0) is 15.6. The van der Waals surface area contributed by atoms with E-state index in [4.69, 9.17) is 16.3 Å². The smallest absolute Gasteiger partial charge is 0.220 e.